The normalized spacial score (nSPS) is 16.2. The molecule has 4 nitrogen and oxygen atoms in total. The van der Waals surface area contributed by atoms with Crippen LogP contribution in [0, 0.1) is 0 Å². The summed E-state index contributed by atoms with van der Waals surface area (Å²) in [6.45, 7) is 1.70. The lowest BCUT2D eigenvalue weighted by Gasteiger charge is -2.05. The molecule has 1 aliphatic rings. The van der Waals surface area contributed by atoms with E-state index in [1.807, 2.05) is 0 Å². The molecule has 6 heteroatoms. The lowest BCUT2D eigenvalue weighted by molar-refractivity contribution is -0.110. The number of allylic oxidation sites excluding steroid dienone is 4. The molecule has 20 heavy (non-hydrogen) atoms. The largest absolute Gasteiger partial charge is 0.367 e. The van der Waals surface area contributed by atoms with Crippen LogP contribution in [-0.2, 0) is 9.63 Å². The first-order chi connectivity index (χ1) is 9.47. The SMILES string of the molecule is CC1=CC(=O)C=CC1=NOC(=O)c1ccc(Cl)cc1Cl. The molecule has 0 saturated heterocycles. The molecule has 0 bridgehead atoms. The zero-order valence-corrected chi connectivity index (χ0v) is 11.9. The number of nitrogens with zero attached hydrogens (tertiary/aromatic N) is 1. The molecular weight excluding hydrogens is 301 g/mol. The van der Waals surface area contributed by atoms with Gasteiger partial charge in [-0.1, -0.05) is 28.4 Å². The lowest BCUT2D eigenvalue weighted by atomic mass is 10.1. The lowest BCUT2D eigenvalue weighted by Crippen LogP contribution is -2.08. The highest BCUT2D eigenvalue weighted by molar-refractivity contribution is 6.36. The van der Waals surface area contributed by atoms with Crippen molar-refractivity contribution in [2.24, 2.45) is 5.16 Å². The van der Waals surface area contributed by atoms with Crippen LogP contribution in [0.1, 0.15) is 17.3 Å². The summed E-state index contributed by atoms with van der Waals surface area (Å²) in [6.07, 6.45) is 4.23. The highest BCUT2D eigenvalue weighted by Crippen LogP contribution is 2.21. The Labute approximate surface area is 125 Å². The Morgan fingerprint density at radius 2 is 2.00 bits per heavy atom. The second-order valence-electron chi connectivity index (χ2n) is 4.04. The molecule has 102 valence electrons. The molecule has 2 rings (SSSR count). The number of carbonyl (C=O) groups is 2. The average molecular weight is 310 g/mol. The summed E-state index contributed by atoms with van der Waals surface area (Å²) in [5, 5.41) is 4.31. The minimum absolute atomic E-state index is 0.131. The van der Waals surface area contributed by atoms with Crippen molar-refractivity contribution in [3.63, 3.8) is 0 Å². The Bertz CT molecular complexity index is 675. The number of benzene rings is 1. The highest BCUT2D eigenvalue weighted by Gasteiger charge is 2.14. The predicted octanol–water partition coefficient (Wildman–Crippen LogP) is 3.59. The van der Waals surface area contributed by atoms with E-state index in [-0.39, 0.29) is 16.4 Å². The van der Waals surface area contributed by atoms with Crippen molar-refractivity contribution < 1.29 is 14.4 Å². The topological polar surface area (TPSA) is 55.7 Å². The average Bonchev–Trinajstić information content (AvgIpc) is 2.37. The fourth-order valence-electron chi connectivity index (χ4n) is 1.53. The summed E-state index contributed by atoms with van der Waals surface area (Å²) in [5.41, 5.74) is 1.19. The van der Waals surface area contributed by atoms with Crippen molar-refractivity contribution >= 4 is 40.7 Å². The van der Waals surface area contributed by atoms with E-state index in [2.05, 4.69) is 5.16 Å². The maximum absolute atomic E-state index is 11.8. The third kappa shape index (κ3) is 3.35. The van der Waals surface area contributed by atoms with Crippen LogP contribution in [-0.4, -0.2) is 17.5 Å². The minimum atomic E-state index is -0.697. The van der Waals surface area contributed by atoms with Gasteiger partial charge in [-0.3, -0.25) is 4.79 Å². The minimum Gasteiger partial charge on any atom is -0.312 e. The molecule has 0 spiro atoms. The van der Waals surface area contributed by atoms with Crippen LogP contribution in [0.2, 0.25) is 10.0 Å². The number of rotatable bonds is 2. The van der Waals surface area contributed by atoms with Crippen LogP contribution in [0.15, 0.2) is 47.2 Å². The Morgan fingerprint density at radius 1 is 1.25 bits per heavy atom. The molecule has 0 heterocycles. The van der Waals surface area contributed by atoms with Gasteiger partial charge in [-0.25, -0.2) is 4.79 Å². The summed E-state index contributed by atoms with van der Waals surface area (Å²) < 4.78 is 0. The first-order valence-corrected chi connectivity index (χ1v) is 6.38. The van der Waals surface area contributed by atoms with E-state index in [9.17, 15) is 9.59 Å². The second-order valence-corrected chi connectivity index (χ2v) is 4.89. The Kier molecular flexibility index (Phi) is 4.37. The van der Waals surface area contributed by atoms with E-state index in [1.54, 1.807) is 6.92 Å². The van der Waals surface area contributed by atoms with Crippen LogP contribution in [0.5, 0.6) is 0 Å². The van der Waals surface area contributed by atoms with Crippen molar-refractivity contribution in [3.05, 3.63) is 57.6 Å². The number of halogens is 2. The van der Waals surface area contributed by atoms with Crippen molar-refractivity contribution in [1.29, 1.82) is 0 Å². The van der Waals surface area contributed by atoms with Gasteiger partial charge in [0.05, 0.1) is 10.6 Å². The van der Waals surface area contributed by atoms with Gasteiger partial charge in [-0.05, 0) is 48.9 Å². The highest BCUT2D eigenvalue weighted by atomic mass is 35.5. The Morgan fingerprint density at radius 3 is 2.65 bits per heavy atom. The van der Waals surface area contributed by atoms with E-state index in [0.29, 0.717) is 16.3 Å². The number of hydrogen-bond donors (Lipinski definition) is 0. The van der Waals surface area contributed by atoms with Gasteiger partial charge in [0.2, 0.25) is 0 Å². The van der Waals surface area contributed by atoms with Gasteiger partial charge < -0.3 is 4.84 Å². The molecule has 0 saturated carbocycles. The summed E-state index contributed by atoms with van der Waals surface area (Å²) >= 11 is 11.6. The molecule has 0 N–H and O–H groups in total. The van der Waals surface area contributed by atoms with E-state index >= 15 is 0 Å². The van der Waals surface area contributed by atoms with Crippen LogP contribution in [0.25, 0.3) is 0 Å². The molecule has 0 aliphatic heterocycles. The van der Waals surface area contributed by atoms with Crippen LogP contribution < -0.4 is 0 Å². The predicted molar refractivity (Wildman–Crippen MR) is 77.2 cm³/mol. The zero-order chi connectivity index (χ0) is 14.7. The first kappa shape index (κ1) is 14.5. The van der Waals surface area contributed by atoms with Crippen molar-refractivity contribution in [2.75, 3.05) is 0 Å². The molecule has 0 atom stereocenters. The van der Waals surface area contributed by atoms with E-state index < -0.39 is 5.97 Å². The molecule has 0 amide bonds. The molecule has 1 aliphatic carbocycles. The van der Waals surface area contributed by atoms with Gasteiger partial charge in [0, 0.05) is 5.02 Å². The maximum Gasteiger partial charge on any atom is 0.367 e. The summed E-state index contributed by atoms with van der Waals surface area (Å²) in [7, 11) is 0. The zero-order valence-electron chi connectivity index (χ0n) is 10.4. The van der Waals surface area contributed by atoms with Gasteiger partial charge in [-0.15, -0.1) is 0 Å². The van der Waals surface area contributed by atoms with Gasteiger partial charge in [0.25, 0.3) is 0 Å². The van der Waals surface area contributed by atoms with Crippen molar-refractivity contribution in [3.8, 4) is 0 Å². The number of hydrogen-bond acceptors (Lipinski definition) is 4. The van der Waals surface area contributed by atoms with Gasteiger partial charge in [0.1, 0.15) is 5.71 Å². The Hall–Kier alpha value is -1.91. The molecule has 0 radical (unpaired) electrons. The number of oxime groups is 1. The van der Waals surface area contributed by atoms with Crippen molar-refractivity contribution in [1.82, 2.24) is 0 Å². The number of ketones is 1. The first-order valence-electron chi connectivity index (χ1n) is 5.62. The quantitative estimate of drug-likeness (QED) is 0.476. The van der Waals surface area contributed by atoms with Crippen LogP contribution in [0.4, 0.5) is 0 Å². The van der Waals surface area contributed by atoms with Crippen LogP contribution >= 0.6 is 23.2 Å². The molecule has 0 unspecified atom stereocenters. The van der Waals surface area contributed by atoms with Crippen LogP contribution in [0.3, 0.4) is 0 Å². The third-order valence-corrected chi connectivity index (χ3v) is 3.09. The van der Waals surface area contributed by atoms with E-state index in [1.165, 1.54) is 36.4 Å². The summed E-state index contributed by atoms with van der Waals surface area (Å²) in [4.78, 5) is 27.7. The molecule has 0 fully saturated rings. The molecule has 1 aromatic carbocycles. The summed E-state index contributed by atoms with van der Waals surface area (Å²) in [5.74, 6) is -0.828. The summed E-state index contributed by atoms with van der Waals surface area (Å²) in [6, 6.07) is 4.43. The molecule has 1 aromatic rings. The van der Waals surface area contributed by atoms with E-state index in [4.69, 9.17) is 28.0 Å². The molecular formula is C14H9Cl2NO3. The maximum atomic E-state index is 11.8. The number of carbonyl (C=O) groups excluding carboxylic acids is 2. The van der Waals surface area contributed by atoms with Gasteiger partial charge >= 0.3 is 5.97 Å². The molecule has 0 aromatic heterocycles. The second kappa shape index (κ2) is 6.03. The van der Waals surface area contributed by atoms with E-state index in [0.717, 1.165) is 0 Å². The third-order valence-electron chi connectivity index (χ3n) is 2.55. The fourth-order valence-corrected chi connectivity index (χ4v) is 2.01. The Balaban J connectivity index is 2.15. The fraction of sp³-hybridized carbons (Fsp3) is 0.0714. The van der Waals surface area contributed by atoms with Crippen molar-refractivity contribution in [2.45, 2.75) is 6.92 Å². The van der Waals surface area contributed by atoms with Gasteiger partial charge in [0.15, 0.2) is 5.78 Å². The monoisotopic (exact) mass is 309 g/mol. The van der Waals surface area contributed by atoms with Gasteiger partial charge in [-0.2, -0.15) is 0 Å². The standard InChI is InChI=1S/C14H9Cl2NO3/c1-8-6-10(18)3-5-13(8)17-20-14(19)11-4-2-9(15)7-12(11)16/h2-7H,1H3. The smallest absolute Gasteiger partial charge is 0.312 e.